The van der Waals surface area contributed by atoms with Crippen LogP contribution in [0.25, 0.3) is 0 Å². The van der Waals surface area contributed by atoms with Crippen LogP contribution in [0.4, 0.5) is 11.6 Å². The maximum Gasteiger partial charge on any atom is 0.128 e. The van der Waals surface area contributed by atoms with Crippen LogP contribution in [0.1, 0.15) is 18.1 Å². The molecule has 0 amide bonds. The Morgan fingerprint density at radius 3 is 3.04 bits per heavy atom. The van der Waals surface area contributed by atoms with Crippen LogP contribution in [-0.2, 0) is 11.3 Å². The summed E-state index contributed by atoms with van der Waals surface area (Å²) in [5.74, 6) is 1.89. The average molecular weight is 377 g/mol. The van der Waals surface area contributed by atoms with Gasteiger partial charge in [-0.2, -0.15) is 0 Å². The van der Waals surface area contributed by atoms with Gasteiger partial charge in [0.2, 0.25) is 0 Å². The predicted molar refractivity (Wildman–Crippen MR) is 95.9 cm³/mol. The van der Waals surface area contributed by atoms with Gasteiger partial charge in [-0.1, -0.05) is 0 Å². The van der Waals surface area contributed by atoms with Crippen LogP contribution < -0.4 is 10.2 Å². The first-order valence-electron chi connectivity index (χ1n) is 7.79. The summed E-state index contributed by atoms with van der Waals surface area (Å²) in [5.41, 5.74) is 2.36. The zero-order chi connectivity index (χ0) is 16.2. The molecule has 5 nitrogen and oxygen atoms in total. The van der Waals surface area contributed by atoms with E-state index in [9.17, 15) is 0 Å². The van der Waals surface area contributed by atoms with E-state index in [0.717, 1.165) is 42.3 Å². The first-order valence-corrected chi connectivity index (χ1v) is 8.58. The van der Waals surface area contributed by atoms with Gasteiger partial charge in [0.15, 0.2) is 0 Å². The topological polar surface area (TPSA) is 50.3 Å². The minimum Gasteiger partial charge on any atom is -0.375 e. The Balaban J connectivity index is 1.66. The molecule has 1 fully saturated rings. The largest absolute Gasteiger partial charge is 0.375 e. The lowest BCUT2D eigenvalue weighted by Gasteiger charge is -2.32. The number of hydrogen-bond acceptors (Lipinski definition) is 5. The van der Waals surface area contributed by atoms with Crippen LogP contribution in [0.15, 0.2) is 35.1 Å². The van der Waals surface area contributed by atoms with Crippen LogP contribution in [0.2, 0.25) is 0 Å². The summed E-state index contributed by atoms with van der Waals surface area (Å²) >= 11 is 3.47. The van der Waals surface area contributed by atoms with Gasteiger partial charge >= 0.3 is 0 Å². The summed E-state index contributed by atoms with van der Waals surface area (Å²) in [4.78, 5) is 11.2. The molecule has 1 atom stereocenters. The number of halogens is 1. The van der Waals surface area contributed by atoms with Crippen LogP contribution in [-0.4, -0.2) is 35.8 Å². The smallest absolute Gasteiger partial charge is 0.128 e. The van der Waals surface area contributed by atoms with Gasteiger partial charge in [-0.05, 0) is 59.1 Å². The van der Waals surface area contributed by atoms with Crippen molar-refractivity contribution in [3.63, 3.8) is 0 Å². The summed E-state index contributed by atoms with van der Waals surface area (Å²) in [5, 5.41) is 3.36. The molecule has 0 bridgehead atoms. The maximum atomic E-state index is 5.59. The van der Waals surface area contributed by atoms with E-state index in [2.05, 4.69) is 56.0 Å². The molecular formula is C17H21BrN4O. The van der Waals surface area contributed by atoms with E-state index in [1.54, 1.807) is 0 Å². The molecule has 2 aromatic heterocycles. The number of pyridine rings is 2. The predicted octanol–water partition coefficient (Wildman–Crippen LogP) is 3.38. The quantitative estimate of drug-likeness (QED) is 0.885. The first-order chi connectivity index (χ1) is 11.1. The zero-order valence-electron chi connectivity index (χ0n) is 13.4. The second-order valence-electron chi connectivity index (χ2n) is 5.82. The van der Waals surface area contributed by atoms with Crippen molar-refractivity contribution in [2.24, 2.45) is 0 Å². The molecule has 2 aromatic rings. The molecule has 1 N–H and O–H groups in total. The van der Waals surface area contributed by atoms with Crippen LogP contribution >= 0.6 is 15.9 Å². The van der Waals surface area contributed by atoms with Crippen LogP contribution in [0.5, 0.6) is 0 Å². The lowest BCUT2D eigenvalue weighted by Crippen LogP contribution is -2.41. The third-order valence-electron chi connectivity index (χ3n) is 3.90. The number of nitrogens with one attached hydrogen (secondary N) is 1. The van der Waals surface area contributed by atoms with E-state index in [1.165, 1.54) is 11.1 Å². The minimum absolute atomic E-state index is 0.252. The van der Waals surface area contributed by atoms with Crippen molar-refractivity contribution in [2.45, 2.75) is 26.5 Å². The molecule has 0 spiro atoms. The van der Waals surface area contributed by atoms with Crippen LogP contribution in [0.3, 0.4) is 0 Å². The fourth-order valence-corrected chi connectivity index (χ4v) is 2.82. The monoisotopic (exact) mass is 376 g/mol. The Hall–Kier alpha value is -1.66. The summed E-state index contributed by atoms with van der Waals surface area (Å²) in [6.07, 6.45) is 3.94. The highest BCUT2D eigenvalue weighted by Crippen LogP contribution is 2.19. The number of aryl methyl sites for hydroxylation is 1. The lowest BCUT2D eigenvalue weighted by atomic mass is 10.2. The summed E-state index contributed by atoms with van der Waals surface area (Å²) in [6, 6.07) is 6.21. The molecule has 6 heteroatoms. The van der Waals surface area contributed by atoms with Crippen molar-refractivity contribution >= 4 is 27.6 Å². The summed E-state index contributed by atoms with van der Waals surface area (Å²) < 4.78 is 6.62. The molecule has 1 aliphatic rings. The van der Waals surface area contributed by atoms with Gasteiger partial charge in [0.1, 0.15) is 11.6 Å². The molecule has 122 valence electrons. The highest BCUT2D eigenvalue weighted by atomic mass is 79.9. The Labute approximate surface area is 145 Å². The number of morpholine rings is 1. The minimum atomic E-state index is 0.252. The van der Waals surface area contributed by atoms with E-state index in [4.69, 9.17) is 4.74 Å². The lowest BCUT2D eigenvalue weighted by molar-refractivity contribution is 0.0529. The van der Waals surface area contributed by atoms with Crippen LogP contribution in [0, 0.1) is 6.92 Å². The zero-order valence-corrected chi connectivity index (χ0v) is 15.0. The SMILES string of the molecule is Cc1cc(NCc2ccnc(N3CCOC(C)C3)c2)ncc1Br. The van der Waals surface area contributed by atoms with Crippen molar-refractivity contribution < 1.29 is 4.74 Å². The van der Waals surface area contributed by atoms with Gasteiger partial charge in [0, 0.05) is 36.5 Å². The standard InChI is InChI=1S/C17H21BrN4O/c1-12-7-16(21-10-15(12)18)20-9-14-3-4-19-17(8-14)22-5-6-23-13(2)11-22/h3-4,7-8,10,13H,5-6,9,11H2,1-2H3,(H,20,21). The highest BCUT2D eigenvalue weighted by molar-refractivity contribution is 9.10. The number of nitrogens with zero attached hydrogens (tertiary/aromatic N) is 3. The van der Waals surface area contributed by atoms with Crippen molar-refractivity contribution in [2.75, 3.05) is 29.9 Å². The molecule has 1 saturated heterocycles. The molecule has 0 aliphatic carbocycles. The molecule has 3 rings (SSSR count). The molecule has 0 aromatic carbocycles. The number of ether oxygens (including phenoxy) is 1. The van der Waals surface area contributed by atoms with Gasteiger partial charge in [-0.25, -0.2) is 9.97 Å². The van der Waals surface area contributed by atoms with Crippen molar-refractivity contribution in [1.29, 1.82) is 0 Å². The number of rotatable bonds is 4. The van der Waals surface area contributed by atoms with Gasteiger partial charge in [0.25, 0.3) is 0 Å². The Morgan fingerprint density at radius 2 is 2.26 bits per heavy atom. The van der Waals surface area contributed by atoms with E-state index in [-0.39, 0.29) is 6.10 Å². The maximum absolute atomic E-state index is 5.59. The molecular weight excluding hydrogens is 356 g/mol. The van der Waals surface area contributed by atoms with Crippen molar-refractivity contribution in [3.8, 4) is 0 Å². The van der Waals surface area contributed by atoms with E-state index in [1.807, 2.05) is 24.5 Å². The Morgan fingerprint density at radius 1 is 1.39 bits per heavy atom. The van der Waals surface area contributed by atoms with Gasteiger partial charge < -0.3 is 15.0 Å². The Bertz CT molecular complexity index is 679. The molecule has 23 heavy (non-hydrogen) atoms. The molecule has 1 unspecified atom stereocenters. The van der Waals surface area contributed by atoms with Crippen molar-refractivity contribution in [1.82, 2.24) is 9.97 Å². The molecule has 0 saturated carbocycles. The fourth-order valence-electron chi connectivity index (χ4n) is 2.60. The number of hydrogen-bond donors (Lipinski definition) is 1. The second kappa shape index (κ2) is 7.27. The summed E-state index contributed by atoms with van der Waals surface area (Å²) in [6.45, 7) is 7.41. The third kappa shape index (κ3) is 4.20. The molecule has 1 aliphatic heterocycles. The average Bonchev–Trinajstić information content (AvgIpc) is 2.56. The van der Waals surface area contributed by atoms with Gasteiger partial charge in [-0.3, -0.25) is 0 Å². The van der Waals surface area contributed by atoms with E-state index >= 15 is 0 Å². The molecule has 0 radical (unpaired) electrons. The molecule has 3 heterocycles. The third-order valence-corrected chi connectivity index (χ3v) is 4.73. The van der Waals surface area contributed by atoms with Gasteiger partial charge in [0.05, 0.1) is 12.7 Å². The van der Waals surface area contributed by atoms with Crippen molar-refractivity contribution in [3.05, 3.63) is 46.2 Å². The first kappa shape index (κ1) is 16.2. The van der Waals surface area contributed by atoms with E-state index in [0.29, 0.717) is 0 Å². The Kier molecular flexibility index (Phi) is 5.13. The number of aromatic nitrogens is 2. The second-order valence-corrected chi connectivity index (χ2v) is 6.68. The summed E-state index contributed by atoms with van der Waals surface area (Å²) in [7, 11) is 0. The highest BCUT2D eigenvalue weighted by Gasteiger charge is 2.17. The number of anilines is 2. The van der Waals surface area contributed by atoms with Gasteiger partial charge in [-0.15, -0.1) is 0 Å². The van der Waals surface area contributed by atoms with E-state index < -0.39 is 0 Å². The fraction of sp³-hybridized carbons (Fsp3) is 0.412. The normalized spacial score (nSPS) is 18.0.